The van der Waals surface area contributed by atoms with E-state index in [-0.39, 0.29) is 0 Å². The van der Waals surface area contributed by atoms with Crippen LogP contribution in [0.4, 0.5) is 0 Å². The smallest absolute Gasteiger partial charge is 0.0940 e. The molecule has 0 heterocycles. The lowest BCUT2D eigenvalue weighted by molar-refractivity contribution is 1.20. The first-order chi connectivity index (χ1) is 3.31. The molecule has 1 heteroatoms. The number of hydrogen-bond donors (Lipinski definition) is 0. The molecule has 0 unspecified atom stereocenters. The lowest BCUT2D eigenvalue weighted by Gasteiger charge is -1.77. The van der Waals surface area contributed by atoms with Gasteiger partial charge in [-0.25, -0.2) is 0 Å². The van der Waals surface area contributed by atoms with Crippen LogP contribution in [0.3, 0.4) is 0 Å². The van der Waals surface area contributed by atoms with Gasteiger partial charge in [0.05, 0.1) is 6.07 Å². The SMILES string of the molecule is CCC=C(C)C#N. The fourth-order valence-electron chi connectivity index (χ4n) is 0.352. The monoisotopic (exact) mass is 95.1 g/mol. The summed E-state index contributed by atoms with van der Waals surface area (Å²) in [6.45, 7) is 3.82. The first-order valence-electron chi connectivity index (χ1n) is 2.38. The summed E-state index contributed by atoms with van der Waals surface area (Å²) in [4.78, 5) is 0. The molecule has 0 rings (SSSR count). The number of rotatable bonds is 1. The Balaban J connectivity index is 3.57. The van der Waals surface area contributed by atoms with Gasteiger partial charge in [-0.1, -0.05) is 13.0 Å². The molecule has 0 radical (unpaired) electrons. The van der Waals surface area contributed by atoms with Crippen molar-refractivity contribution in [3.63, 3.8) is 0 Å². The molecule has 0 atom stereocenters. The maximum atomic E-state index is 8.15. The summed E-state index contributed by atoms with van der Waals surface area (Å²) in [5.41, 5.74) is 0.808. The highest BCUT2D eigenvalue weighted by molar-refractivity contribution is 5.16. The van der Waals surface area contributed by atoms with Crippen molar-refractivity contribution in [1.29, 1.82) is 5.26 Å². The minimum atomic E-state index is 0.808. The van der Waals surface area contributed by atoms with Crippen LogP contribution >= 0.6 is 0 Å². The summed E-state index contributed by atoms with van der Waals surface area (Å²) in [7, 11) is 0. The second-order valence-electron chi connectivity index (χ2n) is 1.41. The Morgan fingerprint density at radius 3 is 2.57 bits per heavy atom. The second-order valence-corrected chi connectivity index (χ2v) is 1.41. The van der Waals surface area contributed by atoms with E-state index in [0.717, 1.165) is 12.0 Å². The van der Waals surface area contributed by atoms with Crippen LogP contribution in [0.5, 0.6) is 0 Å². The van der Waals surface area contributed by atoms with Crippen molar-refractivity contribution in [1.82, 2.24) is 0 Å². The fourth-order valence-corrected chi connectivity index (χ4v) is 0.352. The van der Waals surface area contributed by atoms with E-state index < -0.39 is 0 Å². The van der Waals surface area contributed by atoms with Gasteiger partial charge in [0.15, 0.2) is 0 Å². The molecule has 0 amide bonds. The normalized spacial score (nSPS) is 10.7. The quantitative estimate of drug-likeness (QED) is 0.456. The molecule has 0 aliphatic heterocycles. The van der Waals surface area contributed by atoms with E-state index in [4.69, 9.17) is 5.26 Å². The van der Waals surface area contributed by atoms with Crippen molar-refractivity contribution in [2.75, 3.05) is 0 Å². The van der Waals surface area contributed by atoms with Gasteiger partial charge in [0, 0.05) is 5.57 Å². The van der Waals surface area contributed by atoms with Crippen LogP contribution in [0.25, 0.3) is 0 Å². The van der Waals surface area contributed by atoms with Gasteiger partial charge in [0.25, 0.3) is 0 Å². The Morgan fingerprint density at radius 2 is 2.43 bits per heavy atom. The largest absolute Gasteiger partial charge is 0.193 e. The van der Waals surface area contributed by atoms with Crippen molar-refractivity contribution in [3.8, 4) is 6.07 Å². The third-order valence-electron chi connectivity index (χ3n) is 0.687. The van der Waals surface area contributed by atoms with Crippen LogP contribution in [0, 0.1) is 11.3 Å². The third-order valence-corrected chi connectivity index (χ3v) is 0.687. The summed E-state index contributed by atoms with van der Waals surface area (Å²) < 4.78 is 0. The Bertz CT molecular complexity index is 106. The zero-order valence-electron chi connectivity index (χ0n) is 4.73. The maximum absolute atomic E-state index is 8.15. The zero-order valence-corrected chi connectivity index (χ0v) is 4.73. The van der Waals surface area contributed by atoms with Crippen molar-refractivity contribution < 1.29 is 0 Å². The Kier molecular flexibility index (Phi) is 3.04. The molecule has 0 aromatic heterocycles. The Labute approximate surface area is 44.3 Å². The van der Waals surface area contributed by atoms with Gasteiger partial charge in [0.1, 0.15) is 0 Å². The number of nitriles is 1. The molecule has 0 N–H and O–H groups in total. The first kappa shape index (κ1) is 6.23. The van der Waals surface area contributed by atoms with Gasteiger partial charge in [-0.05, 0) is 13.3 Å². The summed E-state index contributed by atoms with van der Waals surface area (Å²) >= 11 is 0. The van der Waals surface area contributed by atoms with Crippen LogP contribution in [-0.4, -0.2) is 0 Å². The molecule has 1 nitrogen and oxygen atoms in total. The molecule has 0 spiro atoms. The minimum Gasteiger partial charge on any atom is -0.193 e. The van der Waals surface area contributed by atoms with Gasteiger partial charge in [0.2, 0.25) is 0 Å². The van der Waals surface area contributed by atoms with E-state index in [0.29, 0.717) is 0 Å². The third kappa shape index (κ3) is 3.05. The fraction of sp³-hybridized carbons (Fsp3) is 0.500. The zero-order chi connectivity index (χ0) is 5.70. The molecule has 0 aromatic carbocycles. The van der Waals surface area contributed by atoms with E-state index in [1.807, 2.05) is 26.0 Å². The molecule has 0 bridgehead atoms. The lowest BCUT2D eigenvalue weighted by Crippen LogP contribution is -1.63. The van der Waals surface area contributed by atoms with E-state index in [1.165, 1.54) is 0 Å². The average molecular weight is 95.1 g/mol. The van der Waals surface area contributed by atoms with Crippen LogP contribution in [0.2, 0.25) is 0 Å². The first-order valence-corrected chi connectivity index (χ1v) is 2.38. The van der Waals surface area contributed by atoms with Crippen molar-refractivity contribution in [3.05, 3.63) is 11.6 Å². The standard InChI is InChI=1S/C6H9N/c1-3-4-6(2)5-7/h4H,3H2,1-2H3. The number of nitrogens with zero attached hydrogens (tertiary/aromatic N) is 1. The maximum Gasteiger partial charge on any atom is 0.0940 e. The topological polar surface area (TPSA) is 23.8 Å². The summed E-state index contributed by atoms with van der Waals surface area (Å²) in [5, 5.41) is 8.15. The Hall–Kier alpha value is -0.770. The van der Waals surface area contributed by atoms with E-state index in [1.54, 1.807) is 0 Å². The summed E-state index contributed by atoms with van der Waals surface area (Å²) in [6, 6.07) is 2.03. The van der Waals surface area contributed by atoms with Gasteiger partial charge < -0.3 is 0 Å². The highest BCUT2D eigenvalue weighted by atomic mass is 14.2. The van der Waals surface area contributed by atoms with Crippen molar-refractivity contribution in [2.45, 2.75) is 20.3 Å². The van der Waals surface area contributed by atoms with Gasteiger partial charge in [-0.2, -0.15) is 5.26 Å². The molecular weight excluding hydrogens is 86.1 g/mol. The molecule has 0 aliphatic carbocycles. The lowest BCUT2D eigenvalue weighted by atomic mass is 10.3. The van der Waals surface area contributed by atoms with Crippen LogP contribution < -0.4 is 0 Å². The molecule has 0 saturated heterocycles. The summed E-state index contributed by atoms with van der Waals surface area (Å²) in [5.74, 6) is 0. The molecule has 38 valence electrons. The van der Waals surface area contributed by atoms with E-state index in [9.17, 15) is 0 Å². The van der Waals surface area contributed by atoms with Gasteiger partial charge in [-0.3, -0.25) is 0 Å². The minimum absolute atomic E-state index is 0.808. The molecular formula is C6H9N. The molecule has 0 saturated carbocycles. The molecule has 0 fully saturated rings. The van der Waals surface area contributed by atoms with Crippen molar-refractivity contribution >= 4 is 0 Å². The number of hydrogen-bond acceptors (Lipinski definition) is 1. The molecule has 0 aliphatic rings. The Morgan fingerprint density at radius 1 is 1.86 bits per heavy atom. The van der Waals surface area contributed by atoms with Gasteiger partial charge in [-0.15, -0.1) is 0 Å². The summed E-state index contributed by atoms with van der Waals surface area (Å²) in [6.07, 6.45) is 2.86. The predicted octanol–water partition coefficient (Wildman–Crippen LogP) is 1.87. The van der Waals surface area contributed by atoms with Crippen LogP contribution in [-0.2, 0) is 0 Å². The highest BCUT2D eigenvalue weighted by Crippen LogP contribution is 1.89. The van der Waals surface area contributed by atoms with Crippen molar-refractivity contribution in [2.24, 2.45) is 0 Å². The predicted molar refractivity (Wildman–Crippen MR) is 29.7 cm³/mol. The van der Waals surface area contributed by atoms with Crippen LogP contribution in [0.1, 0.15) is 20.3 Å². The molecule has 0 aromatic rings. The average Bonchev–Trinajstić information content (AvgIpc) is 1.68. The number of allylic oxidation sites excluding steroid dienone is 2. The van der Waals surface area contributed by atoms with Gasteiger partial charge >= 0.3 is 0 Å². The molecule has 7 heavy (non-hydrogen) atoms. The second kappa shape index (κ2) is 3.42. The van der Waals surface area contributed by atoms with Crippen LogP contribution in [0.15, 0.2) is 11.6 Å². The van der Waals surface area contributed by atoms with E-state index in [2.05, 4.69) is 0 Å². The van der Waals surface area contributed by atoms with E-state index >= 15 is 0 Å². The highest BCUT2D eigenvalue weighted by Gasteiger charge is 1.75.